The molecule has 0 bridgehead atoms. The first-order chi connectivity index (χ1) is 16.0. The van der Waals surface area contributed by atoms with Crippen LogP contribution in [0.5, 0.6) is 5.95 Å². The molecule has 2 heterocycles. The molecule has 3 aromatic rings. The first-order valence-corrected chi connectivity index (χ1v) is 11.7. The van der Waals surface area contributed by atoms with Gasteiger partial charge in [0.05, 0.1) is 26.5 Å². The Balaban J connectivity index is 1.94. The molecule has 1 unspecified atom stereocenters. The van der Waals surface area contributed by atoms with Crippen molar-refractivity contribution in [2.24, 2.45) is 12.2 Å². The zero-order chi connectivity index (χ0) is 25.2. The van der Waals surface area contributed by atoms with Gasteiger partial charge in [-0.25, -0.2) is 18.5 Å². The van der Waals surface area contributed by atoms with Gasteiger partial charge in [-0.1, -0.05) is 16.4 Å². The molecule has 1 atom stereocenters. The number of rotatable bonds is 6. The molecule has 1 amide bonds. The van der Waals surface area contributed by atoms with E-state index in [0.717, 1.165) is 16.4 Å². The second-order valence-electron chi connectivity index (χ2n) is 6.80. The highest BCUT2D eigenvalue weighted by Gasteiger charge is 2.30. The number of nitrogens with one attached hydrogen (secondary N) is 1. The summed E-state index contributed by atoms with van der Waals surface area (Å²) in [6.07, 6.45) is 0. The fraction of sp³-hybridized carbons (Fsp3) is 0.158. The van der Waals surface area contributed by atoms with E-state index in [9.17, 15) is 28.8 Å². The quantitative estimate of drug-likeness (QED) is 0.294. The molecule has 0 saturated carbocycles. The standard InChI is InChI=1S/C19H16N8O5S2/c1-9(17(28)24-10-3-5-11(6-4-10)34(23,30)31)33-18-13(8-21)14(12(7-20)16(22)25-18)15-19(29)32-26-27(15)2/h3-6,9H,1-2H3,(H5-,22,23,24,25,26,28,29,30,31). The number of pyridine rings is 1. The van der Waals surface area contributed by atoms with E-state index in [1.165, 1.54) is 38.2 Å². The van der Waals surface area contributed by atoms with Crippen molar-refractivity contribution in [2.75, 3.05) is 11.1 Å². The second-order valence-corrected chi connectivity index (χ2v) is 9.69. The third kappa shape index (κ3) is 4.76. The minimum absolute atomic E-state index is 0.0156. The molecule has 2 aromatic heterocycles. The Morgan fingerprint density at radius 3 is 2.38 bits per heavy atom. The van der Waals surface area contributed by atoms with Crippen LogP contribution in [0.4, 0.5) is 11.5 Å². The van der Waals surface area contributed by atoms with Crippen LogP contribution < -0.4 is 26.0 Å². The van der Waals surface area contributed by atoms with E-state index in [2.05, 4.69) is 20.1 Å². The van der Waals surface area contributed by atoms with E-state index in [0.29, 0.717) is 5.69 Å². The van der Waals surface area contributed by atoms with E-state index in [1.807, 2.05) is 12.1 Å². The molecule has 1 aromatic carbocycles. The van der Waals surface area contributed by atoms with Gasteiger partial charge in [0.15, 0.2) is 13.0 Å². The molecule has 0 aliphatic carbocycles. The highest BCUT2D eigenvalue weighted by atomic mass is 32.2. The lowest BCUT2D eigenvalue weighted by Gasteiger charge is -2.15. The van der Waals surface area contributed by atoms with Crippen LogP contribution >= 0.6 is 11.8 Å². The number of nitrogen functional groups attached to an aromatic ring is 1. The Morgan fingerprint density at radius 1 is 1.26 bits per heavy atom. The van der Waals surface area contributed by atoms with Crippen molar-refractivity contribution in [3.05, 3.63) is 35.4 Å². The molecule has 0 spiro atoms. The Bertz CT molecular complexity index is 1450. The summed E-state index contributed by atoms with van der Waals surface area (Å²) in [5.41, 5.74) is 5.60. The van der Waals surface area contributed by atoms with E-state index in [4.69, 9.17) is 10.9 Å². The molecular weight excluding hydrogens is 484 g/mol. The maximum atomic E-state index is 12.7. The molecule has 0 fully saturated rings. The number of aromatic nitrogens is 3. The number of amides is 1. The molecule has 0 radical (unpaired) electrons. The maximum absolute atomic E-state index is 12.7. The summed E-state index contributed by atoms with van der Waals surface area (Å²) in [5.74, 6) is -1.62. The number of benzene rings is 1. The van der Waals surface area contributed by atoms with E-state index < -0.39 is 27.1 Å². The number of anilines is 2. The van der Waals surface area contributed by atoms with Gasteiger partial charge in [0, 0.05) is 5.69 Å². The van der Waals surface area contributed by atoms with Crippen LogP contribution in [0.25, 0.3) is 11.3 Å². The van der Waals surface area contributed by atoms with Crippen molar-refractivity contribution >= 4 is 39.2 Å². The fourth-order valence-corrected chi connectivity index (χ4v) is 4.32. The summed E-state index contributed by atoms with van der Waals surface area (Å²) in [6.45, 7) is 1.54. The number of hydrogen-bond donors (Lipinski definition) is 3. The van der Waals surface area contributed by atoms with E-state index in [-0.39, 0.29) is 38.1 Å². The maximum Gasteiger partial charge on any atom is 0.266 e. The van der Waals surface area contributed by atoms with Gasteiger partial charge in [0.25, 0.3) is 5.69 Å². The number of thioether (sulfide) groups is 1. The average Bonchev–Trinajstić information content (AvgIpc) is 3.10. The highest BCUT2D eigenvalue weighted by molar-refractivity contribution is 8.00. The summed E-state index contributed by atoms with van der Waals surface area (Å²) in [5, 5.41) is 41.9. The van der Waals surface area contributed by atoms with Gasteiger partial charge in [-0.05, 0) is 31.2 Å². The Hall–Kier alpha value is -4.18. The van der Waals surface area contributed by atoms with Gasteiger partial charge >= 0.3 is 0 Å². The Morgan fingerprint density at radius 2 is 1.88 bits per heavy atom. The van der Waals surface area contributed by atoms with Crippen LogP contribution in [0.3, 0.4) is 0 Å². The zero-order valence-electron chi connectivity index (χ0n) is 17.6. The number of nitrogens with two attached hydrogens (primary N) is 2. The SMILES string of the molecule is CC(Sc1nc(N)c(C#N)c(-c2c([O-])on[n+]2C)c1C#N)C(=O)Nc1ccc(S(N)(=O)=O)cc1. The summed E-state index contributed by atoms with van der Waals surface area (Å²) >= 11 is 0.873. The van der Waals surface area contributed by atoms with Crippen molar-refractivity contribution in [3.63, 3.8) is 0 Å². The van der Waals surface area contributed by atoms with Gasteiger partial charge in [-0.2, -0.15) is 10.5 Å². The molecule has 5 N–H and O–H groups in total. The van der Waals surface area contributed by atoms with Gasteiger partial charge < -0.3 is 20.7 Å². The van der Waals surface area contributed by atoms with Crippen LogP contribution in [0.15, 0.2) is 38.7 Å². The van der Waals surface area contributed by atoms with Crippen LogP contribution in [0.2, 0.25) is 0 Å². The smallest absolute Gasteiger partial charge is 0.266 e. The first kappa shape index (κ1) is 24.5. The molecule has 34 heavy (non-hydrogen) atoms. The van der Waals surface area contributed by atoms with Crippen molar-refractivity contribution < 1.29 is 27.5 Å². The third-order valence-electron chi connectivity index (χ3n) is 4.52. The van der Waals surface area contributed by atoms with Crippen molar-refractivity contribution in [1.29, 1.82) is 10.5 Å². The summed E-state index contributed by atoms with van der Waals surface area (Å²) in [4.78, 5) is 16.7. The second kappa shape index (κ2) is 9.36. The Kier molecular flexibility index (Phi) is 6.73. The van der Waals surface area contributed by atoms with E-state index in [1.54, 1.807) is 0 Å². The van der Waals surface area contributed by atoms with Gasteiger partial charge in [-0.3, -0.25) is 4.79 Å². The molecule has 0 saturated heterocycles. The third-order valence-corrected chi connectivity index (χ3v) is 6.54. The molecule has 13 nitrogen and oxygen atoms in total. The van der Waals surface area contributed by atoms with Crippen molar-refractivity contribution in [1.82, 2.24) is 10.3 Å². The largest absolute Gasteiger partial charge is 0.539 e. The normalized spacial score (nSPS) is 11.9. The van der Waals surface area contributed by atoms with Crippen LogP contribution in [0.1, 0.15) is 18.1 Å². The topological polar surface area (TPSA) is 229 Å². The number of sulfonamides is 1. The lowest BCUT2D eigenvalue weighted by atomic mass is 10.0. The monoisotopic (exact) mass is 500 g/mol. The lowest BCUT2D eigenvalue weighted by Crippen LogP contribution is -2.32. The average molecular weight is 501 g/mol. The summed E-state index contributed by atoms with van der Waals surface area (Å²) < 4.78 is 28.4. The minimum atomic E-state index is -3.88. The zero-order valence-corrected chi connectivity index (χ0v) is 19.3. The minimum Gasteiger partial charge on any atom is -0.539 e. The number of nitriles is 2. The summed E-state index contributed by atoms with van der Waals surface area (Å²) in [6, 6.07) is 8.96. The number of aryl methyl sites for hydroxylation is 1. The summed E-state index contributed by atoms with van der Waals surface area (Å²) in [7, 11) is -2.49. The first-order valence-electron chi connectivity index (χ1n) is 9.25. The highest BCUT2D eigenvalue weighted by Crippen LogP contribution is 2.38. The molecule has 3 rings (SSSR count). The van der Waals surface area contributed by atoms with E-state index >= 15 is 0 Å². The van der Waals surface area contributed by atoms with Crippen LogP contribution in [-0.2, 0) is 21.9 Å². The van der Waals surface area contributed by atoms with Crippen LogP contribution in [-0.4, -0.2) is 29.8 Å². The number of carbonyl (C=O) groups is 1. The Labute approximate surface area is 197 Å². The molecule has 0 aliphatic heterocycles. The predicted molar refractivity (Wildman–Crippen MR) is 116 cm³/mol. The molecule has 174 valence electrons. The lowest BCUT2D eigenvalue weighted by molar-refractivity contribution is -0.730. The number of nitrogens with zero attached hydrogens (tertiary/aromatic N) is 5. The van der Waals surface area contributed by atoms with Gasteiger partial charge in [0.1, 0.15) is 28.5 Å². The van der Waals surface area contributed by atoms with Gasteiger partial charge in [0.2, 0.25) is 15.9 Å². The molecule has 0 aliphatic rings. The number of primary sulfonamides is 1. The van der Waals surface area contributed by atoms with Crippen LogP contribution in [0, 0.1) is 22.7 Å². The molecule has 15 heteroatoms. The van der Waals surface area contributed by atoms with Gasteiger partial charge in [-0.15, -0.1) is 0 Å². The fourth-order valence-electron chi connectivity index (χ4n) is 2.89. The van der Waals surface area contributed by atoms with Crippen molar-refractivity contribution in [3.8, 4) is 29.3 Å². The van der Waals surface area contributed by atoms with Crippen molar-refractivity contribution in [2.45, 2.75) is 22.1 Å². The molecular formula is C19H16N8O5S2. The number of carbonyl (C=O) groups excluding carboxylic acids is 1. The number of hydrogen-bond acceptors (Lipinski definition) is 11. The predicted octanol–water partition coefficient (Wildman–Crippen LogP) is -0.273.